The van der Waals surface area contributed by atoms with Gasteiger partial charge in [0.2, 0.25) is 6.41 Å². The molecule has 0 saturated carbocycles. The number of hydrogen-bond donors (Lipinski definition) is 1. The standard InChI is InChI=1S/C13H23NO5/c1-13(2,3)19-12(15-4)14-8-10-6-7-11(18-10)9-17-16-5/h6-7,12,14H,8-9H2,1-5H3. The minimum Gasteiger partial charge on any atom is -0.462 e. The van der Waals surface area contributed by atoms with Crippen LogP contribution in [0.4, 0.5) is 0 Å². The molecule has 19 heavy (non-hydrogen) atoms. The second-order valence-electron chi connectivity index (χ2n) is 4.98. The smallest absolute Gasteiger partial charge is 0.216 e. The van der Waals surface area contributed by atoms with Gasteiger partial charge < -0.3 is 13.9 Å². The van der Waals surface area contributed by atoms with Gasteiger partial charge in [-0.15, -0.1) is 0 Å². The predicted molar refractivity (Wildman–Crippen MR) is 69.0 cm³/mol. The maximum Gasteiger partial charge on any atom is 0.216 e. The van der Waals surface area contributed by atoms with Crippen LogP contribution < -0.4 is 5.32 Å². The van der Waals surface area contributed by atoms with Crippen LogP contribution >= 0.6 is 0 Å². The Hall–Kier alpha value is -0.920. The summed E-state index contributed by atoms with van der Waals surface area (Å²) in [4.78, 5) is 9.29. The molecule has 0 fully saturated rings. The fourth-order valence-electron chi connectivity index (χ4n) is 1.39. The van der Waals surface area contributed by atoms with Gasteiger partial charge >= 0.3 is 0 Å². The molecule has 1 rings (SSSR count). The van der Waals surface area contributed by atoms with E-state index < -0.39 is 6.41 Å². The van der Waals surface area contributed by atoms with E-state index in [0.29, 0.717) is 12.3 Å². The second kappa shape index (κ2) is 7.62. The van der Waals surface area contributed by atoms with E-state index in [1.165, 1.54) is 7.11 Å². The highest BCUT2D eigenvalue weighted by Gasteiger charge is 2.18. The Morgan fingerprint density at radius 1 is 1.21 bits per heavy atom. The lowest BCUT2D eigenvalue weighted by molar-refractivity contribution is -0.284. The number of rotatable bonds is 8. The zero-order chi connectivity index (χ0) is 14.3. The van der Waals surface area contributed by atoms with Crippen molar-refractivity contribution in [3.05, 3.63) is 23.7 Å². The summed E-state index contributed by atoms with van der Waals surface area (Å²) in [5.41, 5.74) is -0.283. The van der Waals surface area contributed by atoms with Crippen LogP contribution in [0.3, 0.4) is 0 Å². The molecule has 0 aliphatic rings. The van der Waals surface area contributed by atoms with Crippen molar-refractivity contribution >= 4 is 0 Å². The number of hydrogen-bond acceptors (Lipinski definition) is 6. The van der Waals surface area contributed by atoms with Crippen molar-refractivity contribution in [1.82, 2.24) is 5.32 Å². The van der Waals surface area contributed by atoms with Crippen LogP contribution in [0.2, 0.25) is 0 Å². The van der Waals surface area contributed by atoms with Gasteiger partial charge in [0, 0.05) is 7.11 Å². The minimum atomic E-state index is -0.483. The molecule has 0 aromatic carbocycles. The molecule has 1 aromatic heterocycles. The van der Waals surface area contributed by atoms with Crippen LogP contribution in [0.1, 0.15) is 32.3 Å². The van der Waals surface area contributed by atoms with Gasteiger partial charge in [0.1, 0.15) is 18.1 Å². The van der Waals surface area contributed by atoms with E-state index in [4.69, 9.17) is 18.8 Å². The third-order valence-electron chi connectivity index (χ3n) is 2.15. The molecule has 1 unspecified atom stereocenters. The average molecular weight is 273 g/mol. The van der Waals surface area contributed by atoms with Crippen molar-refractivity contribution in [3.63, 3.8) is 0 Å². The molecule has 1 aromatic rings. The first-order valence-electron chi connectivity index (χ1n) is 6.12. The van der Waals surface area contributed by atoms with Crippen molar-refractivity contribution in [2.45, 2.75) is 45.9 Å². The monoisotopic (exact) mass is 273 g/mol. The van der Waals surface area contributed by atoms with E-state index in [1.54, 1.807) is 7.11 Å². The first-order chi connectivity index (χ1) is 8.94. The molecule has 6 nitrogen and oxygen atoms in total. The summed E-state index contributed by atoms with van der Waals surface area (Å²) in [5, 5.41) is 3.10. The molecule has 0 amide bonds. The van der Waals surface area contributed by atoms with Crippen LogP contribution in [0.5, 0.6) is 0 Å². The Labute approximate surface area is 113 Å². The number of furan rings is 1. The first kappa shape index (κ1) is 16.1. The lowest BCUT2D eigenvalue weighted by Gasteiger charge is -2.26. The highest BCUT2D eigenvalue weighted by atomic mass is 17.2. The van der Waals surface area contributed by atoms with Crippen LogP contribution in [-0.4, -0.2) is 26.2 Å². The van der Waals surface area contributed by atoms with Crippen LogP contribution in [-0.2, 0) is 32.4 Å². The quantitative estimate of drug-likeness (QED) is 0.445. The van der Waals surface area contributed by atoms with Gasteiger partial charge in [0.25, 0.3) is 0 Å². The molecule has 6 heteroatoms. The van der Waals surface area contributed by atoms with Gasteiger partial charge in [-0.1, -0.05) is 0 Å². The molecule has 1 heterocycles. The van der Waals surface area contributed by atoms with Crippen molar-refractivity contribution in [3.8, 4) is 0 Å². The summed E-state index contributed by atoms with van der Waals surface area (Å²) in [7, 11) is 3.04. The van der Waals surface area contributed by atoms with E-state index >= 15 is 0 Å². The van der Waals surface area contributed by atoms with E-state index in [2.05, 4.69) is 10.2 Å². The highest BCUT2D eigenvalue weighted by Crippen LogP contribution is 2.12. The predicted octanol–water partition coefficient (Wildman–Crippen LogP) is 2.19. The Morgan fingerprint density at radius 3 is 2.47 bits per heavy atom. The number of methoxy groups -OCH3 is 1. The maximum atomic E-state index is 5.66. The molecular weight excluding hydrogens is 250 g/mol. The summed E-state index contributed by atoms with van der Waals surface area (Å²) < 4.78 is 16.4. The summed E-state index contributed by atoms with van der Waals surface area (Å²) in [6.45, 7) is 6.68. The molecule has 0 bridgehead atoms. The summed E-state index contributed by atoms with van der Waals surface area (Å²) in [6.07, 6.45) is -0.483. The number of ether oxygens (including phenoxy) is 2. The van der Waals surface area contributed by atoms with Gasteiger partial charge in [-0.2, -0.15) is 0 Å². The highest BCUT2D eigenvalue weighted by molar-refractivity contribution is 5.06. The second-order valence-corrected chi connectivity index (χ2v) is 4.98. The fourth-order valence-corrected chi connectivity index (χ4v) is 1.39. The van der Waals surface area contributed by atoms with E-state index in [1.807, 2.05) is 32.9 Å². The molecule has 110 valence electrons. The fraction of sp³-hybridized carbons (Fsp3) is 0.692. The summed E-state index contributed by atoms with van der Waals surface area (Å²) in [6, 6.07) is 3.70. The first-order valence-corrected chi connectivity index (χ1v) is 6.12. The molecule has 0 aliphatic heterocycles. The Balaban J connectivity index is 2.39. The maximum absolute atomic E-state index is 5.66. The molecular formula is C13H23NO5. The van der Waals surface area contributed by atoms with E-state index in [9.17, 15) is 0 Å². The van der Waals surface area contributed by atoms with Crippen LogP contribution in [0, 0.1) is 0 Å². The van der Waals surface area contributed by atoms with Crippen molar-refractivity contribution in [2.75, 3.05) is 14.2 Å². The summed E-state index contributed by atoms with van der Waals surface area (Å²) in [5.74, 6) is 1.47. The van der Waals surface area contributed by atoms with Gasteiger partial charge in [-0.05, 0) is 32.9 Å². The summed E-state index contributed by atoms with van der Waals surface area (Å²) >= 11 is 0. The normalized spacial score (nSPS) is 13.7. The topological polar surface area (TPSA) is 62.1 Å². The molecule has 0 radical (unpaired) electrons. The van der Waals surface area contributed by atoms with Crippen LogP contribution in [0.15, 0.2) is 16.5 Å². The third-order valence-corrected chi connectivity index (χ3v) is 2.15. The van der Waals surface area contributed by atoms with Crippen molar-refractivity contribution in [1.29, 1.82) is 0 Å². The lowest BCUT2D eigenvalue weighted by atomic mass is 10.2. The van der Waals surface area contributed by atoms with E-state index in [-0.39, 0.29) is 12.2 Å². The lowest BCUT2D eigenvalue weighted by Crippen LogP contribution is -2.39. The zero-order valence-corrected chi connectivity index (χ0v) is 12.2. The molecule has 1 N–H and O–H groups in total. The van der Waals surface area contributed by atoms with E-state index in [0.717, 1.165) is 5.76 Å². The molecule has 0 saturated heterocycles. The Kier molecular flexibility index (Phi) is 6.47. The average Bonchev–Trinajstić information content (AvgIpc) is 2.78. The molecule has 0 spiro atoms. The van der Waals surface area contributed by atoms with Gasteiger partial charge in [0.15, 0.2) is 0 Å². The van der Waals surface area contributed by atoms with Crippen LogP contribution in [0.25, 0.3) is 0 Å². The van der Waals surface area contributed by atoms with Crippen molar-refractivity contribution < 1.29 is 23.7 Å². The van der Waals surface area contributed by atoms with Gasteiger partial charge in [-0.25, -0.2) is 9.78 Å². The number of nitrogens with one attached hydrogen (secondary N) is 1. The van der Waals surface area contributed by atoms with Crippen molar-refractivity contribution in [2.24, 2.45) is 0 Å². The molecule has 0 aliphatic carbocycles. The van der Waals surface area contributed by atoms with Gasteiger partial charge in [0.05, 0.1) is 19.3 Å². The zero-order valence-electron chi connectivity index (χ0n) is 12.2. The third kappa shape index (κ3) is 6.70. The SMILES string of the molecule is COOCc1ccc(CNC(OC)OC(C)(C)C)o1. The molecule has 1 atom stereocenters. The Morgan fingerprint density at radius 2 is 1.89 bits per heavy atom. The van der Waals surface area contributed by atoms with Gasteiger partial charge in [-0.3, -0.25) is 5.32 Å². The Bertz CT molecular complexity index is 358. The minimum absolute atomic E-state index is 0.280. The largest absolute Gasteiger partial charge is 0.462 e.